The summed E-state index contributed by atoms with van der Waals surface area (Å²) in [6, 6.07) is 0. The summed E-state index contributed by atoms with van der Waals surface area (Å²) in [6.07, 6.45) is -1.03. The maximum absolute atomic E-state index is 9.90. The van der Waals surface area contributed by atoms with E-state index < -0.39 is 6.09 Å². The van der Waals surface area contributed by atoms with Crippen LogP contribution in [0, 0.1) is 0 Å². The highest BCUT2D eigenvalue weighted by atomic mass is 16.6. The van der Waals surface area contributed by atoms with Crippen molar-refractivity contribution in [3.63, 3.8) is 0 Å². The Hall–Kier alpha value is -0.810. The molecule has 0 aromatic carbocycles. The van der Waals surface area contributed by atoms with Gasteiger partial charge in [-0.25, -0.2) is 10.5 Å². The molecule has 0 aliphatic rings. The SMILES string of the molecule is COCCOCCOC([NH])=O. The van der Waals surface area contributed by atoms with Crippen molar-refractivity contribution in [1.82, 2.24) is 5.73 Å². The minimum Gasteiger partial charge on any atom is -0.446 e. The van der Waals surface area contributed by atoms with E-state index in [1.165, 1.54) is 0 Å². The summed E-state index contributed by atoms with van der Waals surface area (Å²) in [4.78, 5) is 9.90. The van der Waals surface area contributed by atoms with Crippen molar-refractivity contribution in [3.8, 4) is 0 Å². The molecular formula is C6H12NO4. The Labute approximate surface area is 65.4 Å². The van der Waals surface area contributed by atoms with Crippen LogP contribution in [-0.2, 0) is 14.2 Å². The number of hydrogen-bond acceptors (Lipinski definition) is 4. The predicted molar refractivity (Wildman–Crippen MR) is 37.1 cm³/mol. The zero-order valence-corrected chi connectivity index (χ0v) is 6.46. The number of ether oxygens (including phenoxy) is 3. The fourth-order valence-corrected chi connectivity index (χ4v) is 0.438. The van der Waals surface area contributed by atoms with E-state index in [1.807, 2.05) is 0 Å². The van der Waals surface area contributed by atoms with Crippen LogP contribution in [0.5, 0.6) is 0 Å². The van der Waals surface area contributed by atoms with Crippen molar-refractivity contribution in [1.29, 1.82) is 0 Å². The van der Waals surface area contributed by atoms with Crippen LogP contribution in [0.25, 0.3) is 0 Å². The standard InChI is InChI=1S/C6H12NO4/c1-9-2-3-10-4-5-11-6(7)8/h7H,2-5H2,1H3. The molecule has 0 aromatic heterocycles. The highest BCUT2D eigenvalue weighted by Crippen LogP contribution is 1.79. The molecule has 0 atom stereocenters. The second-order valence-electron chi connectivity index (χ2n) is 1.74. The van der Waals surface area contributed by atoms with E-state index in [-0.39, 0.29) is 6.61 Å². The number of hydrogen-bond donors (Lipinski definition) is 0. The lowest BCUT2D eigenvalue weighted by Crippen LogP contribution is -2.11. The quantitative estimate of drug-likeness (QED) is 0.518. The highest BCUT2D eigenvalue weighted by Gasteiger charge is 1.93. The first-order valence-electron chi connectivity index (χ1n) is 3.22. The molecular weight excluding hydrogens is 150 g/mol. The monoisotopic (exact) mass is 162 g/mol. The number of carbonyl (C=O) groups is 1. The summed E-state index contributed by atoms with van der Waals surface area (Å²) in [5, 5.41) is 0. The maximum Gasteiger partial charge on any atom is 0.426 e. The Balaban J connectivity index is 2.85. The molecule has 0 unspecified atom stereocenters. The molecule has 5 heteroatoms. The van der Waals surface area contributed by atoms with Crippen LogP contribution in [-0.4, -0.2) is 39.6 Å². The molecule has 11 heavy (non-hydrogen) atoms. The number of rotatable bonds is 6. The van der Waals surface area contributed by atoms with Gasteiger partial charge in [-0.2, -0.15) is 0 Å². The zero-order chi connectivity index (χ0) is 8.53. The summed E-state index contributed by atoms with van der Waals surface area (Å²) in [5.74, 6) is 0. The fourth-order valence-electron chi connectivity index (χ4n) is 0.438. The largest absolute Gasteiger partial charge is 0.446 e. The van der Waals surface area contributed by atoms with Gasteiger partial charge in [0.1, 0.15) is 6.61 Å². The van der Waals surface area contributed by atoms with Crippen LogP contribution >= 0.6 is 0 Å². The number of carbonyl (C=O) groups excluding carboxylic acids is 1. The third-order valence-corrected chi connectivity index (χ3v) is 0.893. The lowest BCUT2D eigenvalue weighted by Gasteiger charge is -2.02. The van der Waals surface area contributed by atoms with Gasteiger partial charge in [0.15, 0.2) is 0 Å². The van der Waals surface area contributed by atoms with Crippen LogP contribution in [0.1, 0.15) is 0 Å². The predicted octanol–water partition coefficient (Wildman–Crippen LogP) is 0.0689. The van der Waals surface area contributed by atoms with Gasteiger partial charge in [0.25, 0.3) is 0 Å². The summed E-state index contributed by atoms with van der Waals surface area (Å²) < 4.78 is 13.9. The van der Waals surface area contributed by atoms with E-state index >= 15 is 0 Å². The maximum atomic E-state index is 9.90. The average molecular weight is 162 g/mol. The van der Waals surface area contributed by atoms with Crippen molar-refractivity contribution >= 4 is 6.09 Å². The topological polar surface area (TPSA) is 68.6 Å². The van der Waals surface area contributed by atoms with Crippen LogP contribution in [0.2, 0.25) is 0 Å². The van der Waals surface area contributed by atoms with Crippen molar-refractivity contribution in [3.05, 3.63) is 0 Å². The Morgan fingerprint density at radius 3 is 2.45 bits per heavy atom. The third kappa shape index (κ3) is 9.19. The molecule has 1 radical (unpaired) electrons. The summed E-state index contributed by atoms with van der Waals surface area (Å²) >= 11 is 0. The van der Waals surface area contributed by atoms with Crippen LogP contribution < -0.4 is 5.73 Å². The van der Waals surface area contributed by atoms with Gasteiger partial charge in [0.2, 0.25) is 0 Å². The summed E-state index contributed by atoms with van der Waals surface area (Å²) in [7, 11) is 1.58. The Bertz CT molecular complexity index is 107. The smallest absolute Gasteiger partial charge is 0.426 e. The van der Waals surface area contributed by atoms with Crippen molar-refractivity contribution in [2.75, 3.05) is 33.5 Å². The van der Waals surface area contributed by atoms with Gasteiger partial charge < -0.3 is 14.2 Å². The molecule has 65 valence electrons. The molecule has 1 amide bonds. The molecule has 0 rings (SSSR count). The summed E-state index contributed by atoms with van der Waals surface area (Å²) in [5.41, 5.74) is 6.35. The molecule has 1 N–H and O–H groups in total. The van der Waals surface area contributed by atoms with Gasteiger partial charge in [-0.1, -0.05) is 0 Å². The van der Waals surface area contributed by atoms with E-state index in [1.54, 1.807) is 7.11 Å². The molecule has 0 aliphatic heterocycles. The molecule has 0 heterocycles. The van der Waals surface area contributed by atoms with Crippen LogP contribution in [0.15, 0.2) is 0 Å². The van der Waals surface area contributed by atoms with Crippen LogP contribution in [0.3, 0.4) is 0 Å². The Kier molecular flexibility index (Phi) is 6.76. The van der Waals surface area contributed by atoms with Crippen LogP contribution in [0.4, 0.5) is 4.79 Å². The molecule has 0 saturated carbocycles. The summed E-state index contributed by atoms with van der Waals surface area (Å²) in [6.45, 7) is 1.45. The highest BCUT2D eigenvalue weighted by molar-refractivity contribution is 5.63. The van der Waals surface area contributed by atoms with E-state index in [2.05, 4.69) is 4.74 Å². The fraction of sp³-hybridized carbons (Fsp3) is 0.833. The minimum atomic E-state index is -1.03. The normalized spacial score (nSPS) is 9.55. The van der Waals surface area contributed by atoms with Gasteiger partial charge in [0, 0.05) is 7.11 Å². The van der Waals surface area contributed by atoms with Gasteiger partial charge >= 0.3 is 6.09 Å². The molecule has 0 bridgehead atoms. The molecule has 0 spiro atoms. The average Bonchev–Trinajstić information content (AvgIpc) is 1.96. The van der Waals surface area contributed by atoms with E-state index in [0.717, 1.165) is 0 Å². The van der Waals surface area contributed by atoms with E-state index in [0.29, 0.717) is 19.8 Å². The molecule has 0 aliphatic carbocycles. The van der Waals surface area contributed by atoms with Gasteiger partial charge in [-0.3, -0.25) is 0 Å². The van der Waals surface area contributed by atoms with Crippen molar-refractivity contribution < 1.29 is 19.0 Å². The van der Waals surface area contributed by atoms with Gasteiger partial charge in [-0.15, -0.1) is 0 Å². The van der Waals surface area contributed by atoms with E-state index in [9.17, 15) is 4.79 Å². The lowest BCUT2D eigenvalue weighted by atomic mass is 10.7. The first kappa shape index (κ1) is 10.2. The van der Waals surface area contributed by atoms with Crippen molar-refractivity contribution in [2.24, 2.45) is 0 Å². The Morgan fingerprint density at radius 2 is 1.91 bits per heavy atom. The molecule has 0 fully saturated rings. The first-order valence-corrected chi connectivity index (χ1v) is 3.22. The number of amides is 1. The molecule has 0 aromatic rings. The number of methoxy groups -OCH3 is 1. The minimum absolute atomic E-state index is 0.131. The number of nitrogens with one attached hydrogen (secondary N) is 1. The third-order valence-electron chi connectivity index (χ3n) is 0.893. The zero-order valence-electron chi connectivity index (χ0n) is 6.46. The first-order chi connectivity index (χ1) is 5.27. The Morgan fingerprint density at radius 1 is 1.27 bits per heavy atom. The van der Waals surface area contributed by atoms with Gasteiger partial charge in [-0.05, 0) is 0 Å². The lowest BCUT2D eigenvalue weighted by molar-refractivity contribution is 0.0436. The van der Waals surface area contributed by atoms with Gasteiger partial charge in [0.05, 0.1) is 19.8 Å². The molecule has 0 saturated heterocycles. The second kappa shape index (κ2) is 7.30. The van der Waals surface area contributed by atoms with E-state index in [4.69, 9.17) is 15.2 Å². The molecule has 5 nitrogen and oxygen atoms in total. The van der Waals surface area contributed by atoms with Crippen molar-refractivity contribution in [2.45, 2.75) is 0 Å². The second-order valence-corrected chi connectivity index (χ2v) is 1.74.